The third-order valence-electron chi connectivity index (χ3n) is 5.22. The second-order valence-corrected chi connectivity index (χ2v) is 6.63. The lowest BCUT2D eigenvalue weighted by atomic mass is 10.0. The first kappa shape index (κ1) is 13.9. The molecule has 4 rings (SSSR count). The summed E-state index contributed by atoms with van der Waals surface area (Å²) in [5.74, 6) is 0.948. The number of nitrogens with zero attached hydrogens (tertiary/aromatic N) is 5. The van der Waals surface area contributed by atoms with Gasteiger partial charge in [-0.1, -0.05) is 0 Å². The van der Waals surface area contributed by atoms with Crippen LogP contribution in [0.2, 0.25) is 0 Å². The molecule has 0 radical (unpaired) electrons. The van der Waals surface area contributed by atoms with Crippen LogP contribution in [-0.4, -0.2) is 43.3 Å². The van der Waals surface area contributed by atoms with Gasteiger partial charge in [-0.3, -0.25) is 0 Å². The Hall–Kier alpha value is -1.69. The summed E-state index contributed by atoms with van der Waals surface area (Å²) in [6.45, 7) is 3.29. The summed E-state index contributed by atoms with van der Waals surface area (Å²) in [5, 5.41) is 10.2. The molecule has 1 unspecified atom stereocenters. The van der Waals surface area contributed by atoms with Gasteiger partial charge in [0.25, 0.3) is 0 Å². The van der Waals surface area contributed by atoms with Crippen molar-refractivity contribution < 1.29 is 5.11 Å². The molecule has 0 spiro atoms. The molecule has 118 valence electrons. The molecular weight excluding hydrogens is 278 g/mol. The van der Waals surface area contributed by atoms with E-state index >= 15 is 0 Å². The van der Waals surface area contributed by atoms with E-state index in [9.17, 15) is 5.11 Å². The van der Waals surface area contributed by atoms with E-state index in [1.807, 2.05) is 10.9 Å². The third-order valence-corrected chi connectivity index (χ3v) is 5.22. The van der Waals surface area contributed by atoms with Gasteiger partial charge in [-0.05, 0) is 45.4 Å². The van der Waals surface area contributed by atoms with Crippen LogP contribution in [0.15, 0.2) is 12.7 Å². The number of aliphatic hydroxyl groups excluding tert-OH is 1. The highest BCUT2D eigenvalue weighted by molar-refractivity contribution is 5.83. The Bertz CT molecular complexity index is 670. The normalized spacial score (nSPS) is 29.4. The molecular formula is C16H23N5O. The van der Waals surface area contributed by atoms with Crippen LogP contribution in [-0.2, 0) is 0 Å². The van der Waals surface area contributed by atoms with Crippen molar-refractivity contribution >= 4 is 17.0 Å². The van der Waals surface area contributed by atoms with Crippen molar-refractivity contribution in [3.05, 3.63) is 12.7 Å². The lowest BCUT2D eigenvalue weighted by Gasteiger charge is -2.34. The lowest BCUT2D eigenvalue weighted by Crippen LogP contribution is -2.38. The highest BCUT2D eigenvalue weighted by Crippen LogP contribution is 2.34. The Labute approximate surface area is 130 Å². The minimum Gasteiger partial charge on any atom is -0.391 e. The van der Waals surface area contributed by atoms with Crippen molar-refractivity contribution in [3.63, 3.8) is 0 Å². The second kappa shape index (κ2) is 5.50. The number of aliphatic hydroxyl groups is 1. The van der Waals surface area contributed by atoms with Crippen molar-refractivity contribution in [2.45, 2.75) is 63.6 Å². The molecule has 1 aliphatic heterocycles. The second-order valence-electron chi connectivity index (χ2n) is 6.63. The number of fused-ring (bicyclic) bond motifs is 1. The number of rotatable bonds is 2. The maximum absolute atomic E-state index is 10.2. The summed E-state index contributed by atoms with van der Waals surface area (Å²) in [5.41, 5.74) is 1.73. The van der Waals surface area contributed by atoms with Crippen molar-refractivity contribution in [3.8, 4) is 0 Å². The Balaban J connectivity index is 1.76. The zero-order valence-corrected chi connectivity index (χ0v) is 13.0. The van der Waals surface area contributed by atoms with Crippen LogP contribution in [0, 0.1) is 0 Å². The Kier molecular flexibility index (Phi) is 3.48. The summed E-state index contributed by atoms with van der Waals surface area (Å²) < 4.78 is 2.05. The first-order valence-electron chi connectivity index (χ1n) is 8.38. The number of anilines is 1. The number of imidazole rings is 1. The lowest BCUT2D eigenvalue weighted by molar-refractivity contribution is 0.138. The Morgan fingerprint density at radius 2 is 2.00 bits per heavy atom. The van der Waals surface area contributed by atoms with Crippen LogP contribution in [0.4, 0.5) is 5.82 Å². The molecule has 1 N–H and O–H groups in total. The molecule has 2 aromatic heterocycles. The van der Waals surface area contributed by atoms with Gasteiger partial charge in [-0.15, -0.1) is 0 Å². The maximum atomic E-state index is 10.2. The molecule has 0 bridgehead atoms. The van der Waals surface area contributed by atoms with E-state index in [4.69, 9.17) is 0 Å². The van der Waals surface area contributed by atoms with Crippen molar-refractivity contribution in [1.82, 2.24) is 19.5 Å². The molecule has 6 nitrogen and oxygen atoms in total. The summed E-state index contributed by atoms with van der Waals surface area (Å²) in [4.78, 5) is 15.9. The fourth-order valence-electron chi connectivity index (χ4n) is 3.95. The van der Waals surface area contributed by atoms with Gasteiger partial charge in [0, 0.05) is 12.6 Å². The fraction of sp³-hybridized carbons (Fsp3) is 0.688. The van der Waals surface area contributed by atoms with E-state index in [1.165, 1.54) is 19.3 Å². The number of hydrogen-bond donors (Lipinski definition) is 1. The van der Waals surface area contributed by atoms with Gasteiger partial charge in [0.1, 0.15) is 6.33 Å². The van der Waals surface area contributed by atoms with E-state index in [0.717, 1.165) is 42.8 Å². The molecule has 2 fully saturated rings. The summed E-state index contributed by atoms with van der Waals surface area (Å²) in [6.07, 6.45) is 9.80. The van der Waals surface area contributed by atoms with Gasteiger partial charge in [0.2, 0.25) is 0 Å². The fourth-order valence-corrected chi connectivity index (χ4v) is 3.95. The van der Waals surface area contributed by atoms with Gasteiger partial charge < -0.3 is 14.6 Å². The summed E-state index contributed by atoms with van der Waals surface area (Å²) in [7, 11) is 0. The topological polar surface area (TPSA) is 67.1 Å². The van der Waals surface area contributed by atoms with Crippen molar-refractivity contribution in [1.29, 1.82) is 0 Å². The summed E-state index contributed by atoms with van der Waals surface area (Å²) >= 11 is 0. The Morgan fingerprint density at radius 3 is 2.77 bits per heavy atom. The first-order valence-corrected chi connectivity index (χ1v) is 8.38. The van der Waals surface area contributed by atoms with Gasteiger partial charge in [-0.25, -0.2) is 15.0 Å². The molecule has 1 saturated carbocycles. The smallest absolute Gasteiger partial charge is 0.165 e. The van der Waals surface area contributed by atoms with Crippen molar-refractivity contribution in [2.75, 3.05) is 11.4 Å². The van der Waals surface area contributed by atoms with E-state index < -0.39 is 0 Å². The quantitative estimate of drug-likeness (QED) is 0.922. The number of aromatic nitrogens is 4. The highest BCUT2D eigenvalue weighted by Gasteiger charge is 2.30. The van der Waals surface area contributed by atoms with Gasteiger partial charge >= 0.3 is 0 Å². The monoisotopic (exact) mass is 301 g/mol. The van der Waals surface area contributed by atoms with Gasteiger partial charge in [0.05, 0.1) is 18.5 Å². The standard InChI is InChI=1S/C16H23N5O/c1-11-5-2-3-8-20(11)15-14-16(18-9-17-15)21(10-19-14)12-6-4-7-13(12)22/h9-13,22H,2-8H2,1H3/t11?,12-,13+/m0/s1. The Morgan fingerprint density at radius 1 is 1.09 bits per heavy atom. The summed E-state index contributed by atoms with van der Waals surface area (Å²) in [6, 6.07) is 0.598. The van der Waals surface area contributed by atoms with Crippen LogP contribution in [0.3, 0.4) is 0 Å². The molecule has 0 amide bonds. The molecule has 1 saturated heterocycles. The molecule has 3 heterocycles. The SMILES string of the molecule is CC1CCCCN1c1ncnc2c1ncn2[C@H]1CCC[C@H]1O. The zero-order chi connectivity index (χ0) is 15.1. The minimum absolute atomic E-state index is 0.103. The predicted octanol–water partition coefficient (Wildman–Crippen LogP) is 2.29. The largest absolute Gasteiger partial charge is 0.391 e. The van der Waals surface area contributed by atoms with E-state index in [2.05, 4.69) is 26.8 Å². The van der Waals surface area contributed by atoms with Crippen molar-refractivity contribution in [2.24, 2.45) is 0 Å². The van der Waals surface area contributed by atoms with Crippen LogP contribution in [0.25, 0.3) is 11.2 Å². The molecule has 2 aromatic rings. The van der Waals surface area contributed by atoms with Crippen LogP contribution in [0.5, 0.6) is 0 Å². The van der Waals surface area contributed by atoms with E-state index in [1.54, 1.807) is 6.33 Å². The third kappa shape index (κ3) is 2.17. The van der Waals surface area contributed by atoms with Gasteiger partial charge in [0.15, 0.2) is 17.0 Å². The van der Waals surface area contributed by atoms with Crippen LogP contribution < -0.4 is 4.90 Å². The number of hydrogen-bond acceptors (Lipinski definition) is 5. The highest BCUT2D eigenvalue weighted by atomic mass is 16.3. The molecule has 6 heteroatoms. The zero-order valence-electron chi connectivity index (χ0n) is 13.0. The molecule has 1 aliphatic carbocycles. The van der Waals surface area contributed by atoms with E-state index in [0.29, 0.717) is 6.04 Å². The molecule has 3 atom stereocenters. The van der Waals surface area contributed by atoms with E-state index in [-0.39, 0.29) is 12.1 Å². The molecule has 22 heavy (non-hydrogen) atoms. The minimum atomic E-state index is -0.287. The molecule has 0 aromatic carbocycles. The maximum Gasteiger partial charge on any atom is 0.165 e. The number of piperidine rings is 1. The average molecular weight is 301 g/mol. The average Bonchev–Trinajstić information content (AvgIpc) is 3.13. The van der Waals surface area contributed by atoms with Gasteiger partial charge in [-0.2, -0.15) is 0 Å². The van der Waals surface area contributed by atoms with Crippen LogP contribution in [0.1, 0.15) is 51.5 Å². The van der Waals surface area contributed by atoms with Crippen LogP contribution >= 0.6 is 0 Å². The molecule has 2 aliphatic rings. The first-order chi connectivity index (χ1) is 10.8. The predicted molar refractivity (Wildman–Crippen MR) is 84.9 cm³/mol.